The van der Waals surface area contributed by atoms with Gasteiger partial charge in [0.1, 0.15) is 28.0 Å². The highest BCUT2D eigenvalue weighted by atomic mass is 32.2. The summed E-state index contributed by atoms with van der Waals surface area (Å²) in [6.07, 6.45) is 5.16. The molecule has 0 aliphatic carbocycles. The molecule has 0 amide bonds. The maximum atomic E-state index is 15.4. The molecular formula is C34H32F3N3O6S. The van der Waals surface area contributed by atoms with E-state index in [-0.39, 0.29) is 40.4 Å². The van der Waals surface area contributed by atoms with Gasteiger partial charge in [0, 0.05) is 48.5 Å². The second-order valence-electron chi connectivity index (χ2n) is 11.7. The molecule has 0 fully saturated rings. The first-order valence-electron chi connectivity index (χ1n) is 14.9. The number of esters is 1. The van der Waals surface area contributed by atoms with E-state index >= 15 is 8.78 Å². The van der Waals surface area contributed by atoms with Crippen LogP contribution >= 0.6 is 0 Å². The number of carbonyl (C=O) groups excluding carboxylic acids is 1. The number of carbonyl (C=O) groups is 1. The molecule has 5 aromatic rings. The molecule has 0 saturated carbocycles. The number of aryl methyl sites for hydroxylation is 2. The van der Waals surface area contributed by atoms with Gasteiger partial charge in [-0.05, 0) is 56.5 Å². The molecule has 6 rings (SSSR count). The van der Waals surface area contributed by atoms with E-state index in [1.54, 1.807) is 24.7 Å². The van der Waals surface area contributed by atoms with Crippen molar-refractivity contribution in [1.29, 1.82) is 0 Å². The molecule has 0 bridgehead atoms. The van der Waals surface area contributed by atoms with Gasteiger partial charge in [0.2, 0.25) is 5.82 Å². The molecule has 9 nitrogen and oxygen atoms in total. The van der Waals surface area contributed by atoms with E-state index in [4.69, 9.17) is 19.2 Å². The zero-order valence-corrected chi connectivity index (χ0v) is 26.9. The topological polar surface area (TPSA) is 113 Å². The summed E-state index contributed by atoms with van der Waals surface area (Å²) < 4.78 is 89.5. The summed E-state index contributed by atoms with van der Waals surface area (Å²) in [6, 6.07) is 10.6. The zero-order chi connectivity index (χ0) is 33.7. The number of aromatic nitrogens is 3. The summed E-state index contributed by atoms with van der Waals surface area (Å²) in [5.41, 5.74) is 1.43. The van der Waals surface area contributed by atoms with E-state index in [9.17, 15) is 17.6 Å². The molecule has 0 saturated heterocycles. The van der Waals surface area contributed by atoms with Gasteiger partial charge in [0.25, 0.3) is 0 Å². The molecule has 1 aliphatic heterocycles. The van der Waals surface area contributed by atoms with Gasteiger partial charge < -0.3 is 23.8 Å². The second-order valence-corrected chi connectivity index (χ2v) is 13.6. The number of imidazole rings is 1. The number of hydrogen-bond donors (Lipinski definition) is 1. The first-order chi connectivity index (χ1) is 22.3. The first-order valence-corrected chi connectivity index (χ1v) is 16.8. The maximum absolute atomic E-state index is 15.4. The molecule has 2 aromatic heterocycles. The van der Waals surface area contributed by atoms with Gasteiger partial charge in [0.05, 0.1) is 30.0 Å². The Labute approximate surface area is 269 Å². The van der Waals surface area contributed by atoms with Gasteiger partial charge in [-0.3, -0.25) is 4.79 Å². The molecule has 47 heavy (non-hydrogen) atoms. The number of fused-ring (bicyclic) bond motifs is 2. The quantitative estimate of drug-likeness (QED) is 0.137. The number of aromatic amines is 1. The van der Waals surface area contributed by atoms with Gasteiger partial charge in [-0.1, -0.05) is 18.2 Å². The summed E-state index contributed by atoms with van der Waals surface area (Å²) >= 11 is 0. The number of H-pyrrole nitrogens is 1. The number of ether oxygens (including phenoxy) is 3. The molecule has 3 heterocycles. The number of benzene rings is 3. The van der Waals surface area contributed by atoms with Gasteiger partial charge in [0.15, 0.2) is 21.4 Å². The average Bonchev–Trinajstić information content (AvgIpc) is 3.67. The van der Waals surface area contributed by atoms with Crippen LogP contribution in [0.5, 0.6) is 17.2 Å². The fraction of sp³-hybridized carbons (Fsp3) is 0.294. The van der Waals surface area contributed by atoms with Crippen molar-refractivity contribution >= 4 is 26.7 Å². The van der Waals surface area contributed by atoms with Crippen molar-refractivity contribution in [2.24, 2.45) is 7.05 Å². The summed E-state index contributed by atoms with van der Waals surface area (Å²) in [4.78, 5) is 18.8. The lowest BCUT2D eigenvalue weighted by Gasteiger charge is -2.35. The third-order valence-electron chi connectivity index (χ3n) is 8.46. The highest BCUT2D eigenvalue weighted by Crippen LogP contribution is 2.46. The predicted octanol–water partition coefficient (Wildman–Crippen LogP) is 6.77. The standard InChI is InChI=1S/C34H32F3N3O6S/c1-5-44-26(41)12-9-19-7-6-8-23-30(19)45-16-14-34(23,2)25-18-40(3)33(39-25)22-17-20(10-11-24(22)35)46-31-28(37)27(36)29-21(13-15-38-29)32(31)47(4,42)43/h6-8,10-11,13,15,17-18,38H,5,9,12,14,16H2,1-4H3. The Morgan fingerprint density at radius 3 is 2.68 bits per heavy atom. The fourth-order valence-corrected chi connectivity index (χ4v) is 7.12. The van der Waals surface area contributed by atoms with E-state index in [1.807, 2.05) is 25.1 Å². The van der Waals surface area contributed by atoms with Gasteiger partial charge in [-0.25, -0.2) is 22.2 Å². The predicted molar refractivity (Wildman–Crippen MR) is 168 cm³/mol. The van der Waals surface area contributed by atoms with Crippen LogP contribution in [0.2, 0.25) is 0 Å². The molecule has 1 aliphatic rings. The smallest absolute Gasteiger partial charge is 0.306 e. The largest absolute Gasteiger partial charge is 0.493 e. The first kappa shape index (κ1) is 32.2. The number of halogens is 3. The third kappa shape index (κ3) is 5.73. The molecule has 3 aromatic carbocycles. The van der Waals surface area contributed by atoms with E-state index < -0.39 is 43.3 Å². The lowest BCUT2D eigenvalue weighted by Crippen LogP contribution is -2.32. The van der Waals surface area contributed by atoms with Crippen LogP contribution in [-0.2, 0) is 38.3 Å². The summed E-state index contributed by atoms with van der Waals surface area (Å²) in [7, 11) is -2.39. The molecule has 1 atom stereocenters. The molecule has 0 spiro atoms. The summed E-state index contributed by atoms with van der Waals surface area (Å²) in [5.74, 6) is -3.82. The Morgan fingerprint density at radius 2 is 1.94 bits per heavy atom. The van der Waals surface area contributed by atoms with Crippen molar-refractivity contribution in [2.75, 3.05) is 19.5 Å². The minimum atomic E-state index is -4.10. The monoisotopic (exact) mass is 667 g/mol. The van der Waals surface area contributed by atoms with E-state index in [2.05, 4.69) is 4.98 Å². The Kier molecular flexibility index (Phi) is 8.29. The average molecular weight is 668 g/mol. The maximum Gasteiger partial charge on any atom is 0.306 e. The van der Waals surface area contributed by atoms with Crippen LogP contribution in [0.3, 0.4) is 0 Å². The van der Waals surface area contributed by atoms with Crippen molar-refractivity contribution in [3.8, 4) is 28.6 Å². The number of para-hydroxylation sites is 1. The van der Waals surface area contributed by atoms with Crippen molar-refractivity contribution in [2.45, 2.75) is 43.4 Å². The van der Waals surface area contributed by atoms with E-state index in [0.717, 1.165) is 23.4 Å². The van der Waals surface area contributed by atoms with Gasteiger partial charge in [-0.2, -0.15) is 4.39 Å². The minimum Gasteiger partial charge on any atom is -0.493 e. The Bertz CT molecular complexity index is 2140. The van der Waals surface area contributed by atoms with Crippen molar-refractivity contribution < 1.29 is 40.6 Å². The van der Waals surface area contributed by atoms with Gasteiger partial charge in [-0.15, -0.1) is 0 Å². The van der Waals surface area contributed by atoms with Crippen LogP contribution in [0.25, 0.3) is 22.3 Å². The highest BCUT2D eigenvalue weighted by molar-refractivity contribution is 7.91. The lowest BCUT2D eigenvalue weighted by molar-refractivity contribution is -0.143. The van der Waals surface area contributed by atoms with Crippen molar-refractivity contribution in [1.82, 2.24) is 14.5 Å². The Hall–Kier alpha value is -4.78. The Balaban J connectivity index is 1.38. The fourth-order valence-electron chi connectivity index (χ4n) is 6.08. The molecule has 246 valence electrons. The zero-order valence-electron chi connectivity index (χ0n) is 26.1. The molecule has 0 radical (unpaired) electrons. The number of nitrogens with one attached hydrogen (secondary N) is 1. The molecule has 13 heteroatoms. The number of hydrogen-bond acceptors (Lipinski definition) is 7. The van der Waals surface area contributed by atoms with Gasteiger partial charge >= 0.3 is 5.97 Å². The minimum absolute atomic E-state index is 0.000159. The lowest BCUT2D eigenvalue weighted by atomic mass is 9.74. The van der Waals surface area contributed by atoms with Crippen LogP contribution in [0.15, 0.2) is 59.8 Å². The normalized spacial score (nSPS) is 16.1. The Morgan fingerprint density at radius 1 is 1.15 bits per heavy atom. The summed E-state index contributed by atoms with van der Waals surface area (Å²) in [6.45, 7) is 4.47. The molecule has 1 unspecified atom stereocenters. The van der Waals surface area contributed by atoms with Crippen LogP contribution < -0.4 is 9.47 Å². The number of sulfone groups is 1. The number of nitrogens with zero attached hydrogens (tertiary/aromatic N) is 2. The third-order valence-corrected chi connectivity index (χ3v) is 9.61. The van der Waals surface area contributed by atoms with Crippen molar-refractivity contribution in [3.05, 3.63) is 89.1 Å². The van der Waals surface area contributed by atoms with Crippen LogP contribution in [0, 0.1) is 17.5 Å². The van der Waals surface area contributed by atoms with Crippen molar-refractivity contribution in [3.63, 3.8) is 0 Å². The molecule has 1 N–H and O–H groups in total. The second kappa shape index (κ2) is 12.1. The van der Waals surface area contributed by atoms with Crippen LogP contribution in [-0.4, -0.2) is 48.4 Å². The summed E-state index contributed by atoms with van der Waals surface area (Å²) in [5, 5.41) is -0.0773. The van der Waals surface area contributed by atoms with E-state index in [1.165, 1.54) is 24.4 Å². The number of rotatable bonds is 9. The van der Waals surface area contributed by atoms with E-state index in [0.29, 0.717) is 37.5 Å². The highest BCUT2D eigenvalue weighted by Gasteiger charge is 2.39. The van der Waals surface area contributed by atoms with Crippen LogP contribution in [0.1, 0.15) is 43.5 Å². The molecular weight excluding hydrogens is 635 g/mol. The SMILES string of the molecule is CCOC(=O)CCc1cccc2c1OCCC2(C)c1cn(C)c(-c2cc(Oc3c(F)c(F)c4[nH]ccc4c3S(C)(=O)=O)ccc2F)n1. The van der Waals surface area contributed by atoms with Crippen LogP contribution in [0.4, 0.5) is 13.2 Å².